The topological polar surface area (TPSA) is 157 Å². The summed E-state index contributed by atoms with van der Waals surface area (Å²) in [7, 11) is 0. The van der Waals surface area contributed by atoms with Crippen molar-refractivity contribution in [3.63, 3.8) is 0 Å². The van der Waals surface area contributed by atoms with Crippen LogP contribution in [0.5, 0.6) is 0 Å². The molecule has 4 aliphatic rings. The predicted molar refractivity (Wildman–Crippen MR) is 125 cm³/mol. The molecule has 0 spiro atoms. The van der Waals surface area contributed by atoms with Crippen LogP contribution in [0.1, 0.15) is 65.7 Å². The lowest BCUT2D eigenvalue weighted by molar-refractivity contribution is -0.297. The first-order valence-electron chi connectivity index (χ1n) is 12.9. The molecule has 35 heavy (non-hydrogen) atoms. The number of aliphatic hydroxyl groups is 6. The van der Waals surface area contributed by atoms with E-state index in [1.807, 2.05) is 13.8 Å². The number of hydrogen-bond donors (Lipinski definition) is 6. The van der Waals surface area contributed by atoms with E-state index in [-0.39, 0.29) is 23.4 Å². The summed E-state index contributed by atoms with van der Waals surface area (Å²) in [6, 6.07) is 0. The Kier molecular flexibility index (Phi) is 7.45. The van der Waals surface area contributed by atoms with Gasteiger partial charge in [-0.05, 0) is 68.1 Å². The number of rotatable bonds is 5. The summed E-state index contributed by atoms with van der Waals surface area (Å²) < 4.78 is 11.1. The molecule has 9 heteroatoms. The molecule has 11 unspecified atom stereocenters. The fourth-order valence-corrected chi connectivity index (χ4v) is 7.59. The summed E-state index contributed by atoms with van der Waals surface area (Å²) in [5.74, 6) is -0.205. The minimum absolute atomic E-state index is 0.00996. The number of carbonyl (C=O) groups is 1. The van der Waals surface area contributed by atoms with Crippen LogP contribution in [0.15, 0.2) is 11.6 Å². The zero-order valence-corrected chi connectivity index (χ0v) is 21.0. The highest BCUT2D eigenvalue weighted by molar-refractivity contribution is 5.77. The van der Waals surface area contributed by atoms with Crippen LogP contribution in [0.3, 0.4) is 0 Å². The maximum atomic E-state index is 13.6. The van der Waals surface area contributed by atoms with Crippen LogP contribution >= 0.6 is 0 Å². The lowest BCUT2D eigenvalue weighted by Gasteiger charge is -2.58. The van der Waals surface area contributed by atoms with Crippen LogP contribution in [-0.4, -0.2) is 86.6 Å². The third kappa shape index (κ3) is 4.37. The molecule has 0 radical (unpaired) electrons. The van der Waals surface area contributed by atoms with E-state index in [1.54, 1.807) is 0 Å². The molecule has 0 aromatic heterocycles. The molecule has 3 fully saturated rings. The molecule has 1 heterocycles. The standard InChI is InChI=1S/C26H42O9/c1-24(18(29)13-28)10-7-15-14(11-24)5-6-17-25(15,2)8-4-9-26(17,3)23(33)35-22-21(32)20(31)19(30)16(12-27)34-22/h7,14,16-22,27-32H,4-6,8-13H2,1-3H3. The minimum atomic E-state index is -1.62. The summed E-state index contributed by atoms with van der Waals surface area (Å²) in [6.45, 7) is 5.31. The molecule has 0 aromatic rings. The first kappa shape index (κ1) is 27.0. The van der Waals surface area contributed by atoms with Crippen molar-refractivity contribution in [2.75, 3.05) is 13.2 Å². The van der Waals surface area contributed by atoms with Gasteiger partial charge in [-0.1, -0.05) is 31.9 Å². The molecule has 1 aliphatic heterocycles. The van der Waals surface area contributed by atoms with Gasteiger partial charge in [0.05, 0.1) is 24.7 Å². The van der Waals surface area contributed by atoms with Gasteiger partial charge in [0.25, 0.3) is 0 Å². The average molecular weight is 499 g/mol. The number of aliphatic hydroxyl groups excluding tert-OH is 6. The normalized spacial score (nSPS) is 48.8. The van der Waals surface area contributed by atoms with Gasteiger partial charge in [0.2, 0.25) is 6.29 Å². The first-order chi connectivity index (χ1) is 16.4. The lowest BCUT2D eigenvalue weighted by atomic mass is 9.46. The number of fused-ring (bicyclic) bond motifs is 3. The SMILES string of the molecule is CC1(C(O)CO)CC=C2C(CCC3C(C)(C(=O)OC4OC(CO)C(O)C(O)C4O)CCCC23C)C1. The van der Waals surface area contributed by atoms with Crippen LogP contribution in [0, 0.1) is 28.1 Å². The molecule has 11 atom stereocenters. The Bertz CT molecular complexity index is 830. The number of hydrogen-bond acceptors (Lipinski definition) is 9. The molecule has 200 valence electrons. The third-order valence-corrected chi connectivity index (χ3v) is 9.85. The lowest BCUT2D eigenvalue weighted by Crippen LogP contribution is -2.61. The van der Waals surface area contributed by atoms with Gasteiger partial charge >= 0.3 is 5.97 Å². The van der Waals surface area contributed by atoms with Crippen LogP contribution in [0.4, 0.5) is 0 Å². The molecule has 1 saturated heterocycles. The van der Waals surface area contributed by atoms with Gasteiger partial charge in [0.1, 0.15) is 24.4 Å². The highest BCUT2D eigenvalue weighted by Gasteiger charge is 2.59. The van der Waals surface area contributed by atoms with Gasteiger partial charge in [0, 0.05) is 0 Å². The molecule has 0 bridgehead atoms. The van der Waals surface area contributed by atoms with Crippen LogP contribution in [-0.2, 0) is 14.3 Å². The number of ether oxygens (including phenoxy) is 2. The van der Waals surface area contributed by atoms with Crippen molar-refractivity contribution in [1.82, 2.24) is 0 Å². The van der Waals surface area contributed by atoms with Crippen molar-refractivity contribution >= 4 is 5.97 Å². The number of carbonyl (C=O) groups excluding carboxylic acids is 1. The Labute approximate surface area is 206 Å². The predicted octanol–water partition coefficient (Wildman–Crippen LogP) is 0.632. The molecule has 0 amide bonds. The fourth-order valence-electron chi connectivity index (χ4n) is 7.59. The van der Waals surface area contributed by atoms with Gasteiger partial charge in [-0.2, -0.15) is 0 Å². The van der Waals surface area contributed by atoms with Gasteiger partial charge in [-0.15, -0.1) is 0 Å². The van der Waals surface area contributed by atoms with E-state index in [1.165, 1.54) is 5.57 Å². The largest absolute Gasteiger partial charge is 0.432 e. The minimum Gasteiger partial charge on any atom is -0.432 e. The second-order valence-corrected chi connectivity index (χ2v) is 12.0. The fraction of sp³-hybridized carbons (Fsp3) is 0.885. The number of allylic oxidation sites excluding steroid dienone is 2. The maximum Gasteiger partial charge on any atom is 0.314 e. The average Bonchev–Trinajstić information content (AvgIpc) is 2.83. The Morgan fingerprint density at radius 3 is 2.49 bits per heavy atom. The van der Waals surface area contributed by atoms with Gasteiger partial charge < -0.3 is 40.1 Å². The monoisotopic (exact) mass is 498 g/mol. The summed E-state index contributed by atoms with van der Waals surface area (Å²) in [5.41, 5.74) is -0.0757. The van der Waals surface area contributed by atoms with Crippen LogP contribution < -0.4 is 0 Å². The Balaban J connectivity index is 1.56. The van der Waals surface area contributed by atoms with Crippen molar-refractivity contribution < 1.29 is 44.9 Å². The van der Waals surface area contributed by atoms with Gasteiger partial charge in [-0.25, -0.2) is 0 Å². The van der Waals surface area contributed by atoms with E-state index in [0.29, 0.717) is 18.8 Å². The molecule has 6 N–H and O–H groups in total. The Hall–Kier alpha value is -1.07. The van der Waals surface area contributed by atoms with Gasteiger partial charge in [0.15, 0.2) is 0 Å². The van der Waals surface area contributed by atoms with E-state index in [4.69, 9.17) is 9.47 Å². The van der Waals surface area contributed by atoms with Crippen LogP contribution in [0.2, 0.25) is 0 Å². The zero-order chi connectivity index (χ0) is 25.8. The summed E-state index contributed by atoms with van der Waals surface area (Å²) >= 11 is 0. The second-order valence-electron chi connectivity index (χ2n) is 12.0. The van der Waals surface area contributed by atoms with Crippen molar-refractivity contribution in [1.29, 1.82) is 0 Å². The first-order valence-corrected chi connectivity index (χ1v) is 12.9. The van der Waals surface area contributed by atoms with E-state index in [0.717, 1.165) is 32.1 Å². The molecular weight excluding hydrogens is 456 g/mol. The molecule has 4 rings (SSSR count). The smallest absolute Gasteiger partial charge is 0.314 e. The van der Waals surface area contributed by atoms with E-state index in [2.05, 4.69) is 13.0 Å². The molecule has 3 aliphatic carbocycles. The zero-order valence-electron chi connectivity index (χ0n) is 21.0. The second kappa shape index (κ2) is 9.67. The van der Waals surface area contributed by atoms with Crippen LogP contribution in [0.25, 0.3) is 0 Å². The molecule has 0 aromatic carbocycles. The van der Waals surface area contributed by atoms with Crippen molar-refractivity contribution in [3.05, 3.63) is 11.6 Å². The van der Waals surface area contributed by atoms with E-state index in [9.17, 15) is 35.4 Å². The van der Waals surface area contributed by atoms with Crippen molar-refractivity contribution in [2.45, 2.75) is 103 Å². The van der Waals surface area contributed by atoms with E-state index >= 15 is 0 Å². The van der Waals surface area contributed by atoms with E-state index < -0.39 is 54.8 Å². The summed E-state index contributed by atoms with van der Waals surface area (Å²) in [4.78, 5) is 13.6. The molecule has 9 nitrogen and oxygen atoms in total. The Morgan fingerprint density at radius 1 is 1.11 bits per heavy atom. The molecular formula is C26H42O9. The highest BCUT2D eigenvalue weighted by Crippen LogP contribution is 2.64. The van der Waals surface area contributed by atoms with Crippen molar-refractivity contribution in [3.8, 4) is 0 Å². The molecule has 2 saturated carbocycles. The third-order valence-electron chi connectivity index (χ3n) is 9.85. The van der Waals surface area contributed by atoms with Gasteiger partial charge in [-0.3, -0.25) is 4.79 Å². The summed E-state index contributed by atoms with van der Waals surface area (Å²) in [6.07, 6.45) is -0.325. The highest BCUT2D eigenvalue weighted by atomic mass is 16.7. The summed E-state index contributed by atoms with van der Waals surface area (Å²) in [5, 5.41) is 59.9. The Morgan fingerprint density at radius 2 is 1.83 bits per heavy atom. The number of esters is 1. The maximum absolute atomic E-state index is 13.6. The van der Waals surface area contributed by atoms with Crippen molar-refractivity contribution in [2.24, 2.45) is 28.1 Å². The quantitative estimate of drug-likeness (QED) is 0.236.